The molecule has 1 fully saturated rings. The first-order chi connectivity index (χ1) is 12.0. The van der Waals surface area contributed by atoms with E-state index in [1.165, 1.54) is 5.56 Å². The first-order valence-electron chi connectivity index (χ1n) is 8.77. The van der Waals surface area contributed by atoms with Gasteiger partial charge in [-0.15, -0.1) is 0 Å². The van der Waals surface area contributed by atoms with Crippen molar-refractivity contribution in [1.29, 1.82) is 0 Å². The van der Waals surface area contributed by atoms with E-state index in [0.29, 0.717) is 24.5 Å². The zero-order chi connectivity index (χ0) is 17.8. The van der Waals surface area contributed by atoms with Gasteiger partial charge in [0.25, 0.3) is 5.91 Å². The first kappa shape index (κ1) is 17.7. The highest BCUT2D eigenvalue weighted by atomic mass is 16.5. The van der Waals surface area contributed by atoms with E-state index in [0.717, 1.165) is 31.0 Å². The summed E-state index contributed by atoms with van der Waals surface area (Å²) in [6.45, 7) is 9.46. The number of amides is 1. The number of carbonyl (C=O) groups is 1. The molecule has 3 rings (SSSR count). The number of nitrogens with one attached hydrogen (secondary N) is 1. The van der Waals surface area contributed by atoms with Crippen LogP contribution in [0.3, 0.4) is 0 Å². The molecule has 0 aliphatic carbocycles. The molecular weight excluding hydrogens is 316 g/mol. The fourth-order valence-electron chi connectivity index (χ4n) is 3.31. The summed E-state index contributed by atoms with van der Waals surface area (Å²) < 4.78 is 11.4. The smallest absolute Gasteiger partial charge is 0.255 e. The van der Waals surface area contributed by atoms with E-state index in [1.807, 2.05) is 26.8 Å². The van der Waals surface area contributed by atoms with Crippen molar-refractivity contribution in [2.75, 3.05) is 26.2 Å². The summed E-state index contributed by atoms with van der Waals surface area (Å²) in [5.74, 6) is 1.38. The summed E-state index contributed by atoms with van der Waals surface area (Å²) in [6.07, 6.45) is 0.00928. The minimum atomic E-state index is -0.0874. The molecule has 1 aromatic carbocycles. The van der Waals surface area contributed by atoms with E-state index in [2.05, 4.69) is 34.5 Å². The van der Waals surface area contributed by atoms with E-state index in [9.17, 15) is 4.79 Å². The van der Waals surface area contributed by atoms with Crippen molar-refractivity contribution in [1.82, 2.24) is 10.2 Å². The van der Waals surface area contributed by atoms with Crippen molar-refractivity contribution in [3.05, 3.63) is 58.5 Å². The number of furan rings is 1. The quantitative estimate of drug-likeness (QED) is 0.908. The molecule has 2 heterocycles. The molecule has 2 aromatic rings. The lowest BCUT2D eigenvalue weighted by molar-refractivity contribution is -0.0292. The van der Waals surface area contributed by atoms with Gasteiger partial charge in [0.05, 0.1) is 18.3 Å². The summed E-state index contributed by atoms with van der Waals surface area (Å²) in [4.78, 5) is 14.8. The lowest BCUT2D eigenvalue weighted by Crippen LogP contribution is -2.47. The highest BCUT2D eigenvalue weighted by Crippen LogP contribution is 2.20. The van der Waals surface area contributed by atoms with Crippen LogP contribution in [0.2, 0.25) is 0 Å². The Kier molecular flexibility index (Phi) is 5.56. The number of nitrogens with zero attached hydrogens (tertiary/aromatic N) is 1. The summed E-state index contributed by atoms with van der Waals surface area (Å²) in [5.41, 5.74) is 2.85. The maximum atomic E-state index is 12.5. The lowest BCUT2D eigenvalue weighted by Gasteiger charge is -2.33. The average Bonchev–Trinajstić information content (AvgIpc) is 2.86. The molecule has 0 unspecified atom stereocenters. The van der Waals surface area contributed by atoms with Crippen LogP contribution in [-0.2, 0) is 11.3 Å². The number of morpholine rings is 1. The minimum Gasteiger partial charge on any atom is -0.466 e. The molecular formula is C20H26N2O3. The summed E-state index contributed by atoms with van der Waals surface area (Å²) in [7, 11) is 0. The maximum Gasteiger partial charge on any atom is 0.255 e. The zero-order valence-corrected chi connectivity index (χ0v) is 15.2. The molecule has 1 amide bonds. The Morgan fingerprint density at radius 2 is 1.96 bits per heavy atom. The van der Waals surface area contributed by atoms with E-state index >= 15 is 0 Å². The summed E-state index contributed by atoms with van der Waals surface area (Å²) in [6, 6.07) is 10.4. The third kappa shape index (κ3) is 4.30. The fraction of sp³-hybridized carbons (Fsp3) is 0.450. The molecule has 1 aromatic heterocycles. The van der Waals surface area contributed by atoms with Crippen LogP contribution in [0.25, 0.3) is 0 Å². The normalized spacial score (nSPS) is 18.3. The van der Waals surface area contributed by atoms with Crippen LogP contribution in [0.1, 0.15) is 33.0 Å². The van der Waals surface area contributed by atoms with Crippen LogP contribution in [0.4, 0.5) is 0 Å². The van der Waals surface area contributed by atoms with Gasteiger partial charge in [-0.05, 0) is 26.3 Å². The van der Waals surface area contributed by atoms with Crippen molar-refractivity contribution < 1.29 is 13.9 Å². The van der Waals surface area contributed by atoms with Crippen LogP contribution in [-0.4, -0.2) is 43.2 Å². The van der Waals surface area contributed by atoms with Crippen molar-refractivity contribution >= 4 is 5.91 Å². The number of rotatable bonds is 5. The highest BCUT2D eigenvalue weighted by molar-refractivity contribution is 5.96. The Bertz CT molecular complexity index is 724. The van der Waals surface area contributed by atoms with Gasteiger partial charge in [0.15, 0.2) is 0 Å². The zero-order valence-electron chi connectivity index (χ0n) is 15.2. The largest absolute Gasteiger partial charge is 0.466 e. The van der Waals surface area contributed by atoms with E-state index in [1.54, 1.807) is 0 Å². The van der Waals surface area contributed by atoms with E-state index in [4.69, 9.17) is 9.15 Å². The minimum absolute atomic E-state index is 0.00928. The monoisotopic (exact) mass is 342 g/mol. The molecule has 1 aliphatic heterocycles. The second-order valence-electron chi connectivity index (χ2n) is 6.64. The van der Waals surface area contributed by atoms with Crippen LogP contribution in [0, 0.1) is 20.8 Å². The summed E-state index contributed by atoms with van der Waals surface area (Å²) >= 11 is 0. The average molecular weight is 342 g/mol. The molecule has 134 valence electrons. The first-order valence-corrected chi connectivity index (χ1v) is 8.77. The Balaban J connectivity index is 1.53. The number of carbonyl (C=O) groups excluding carboxylic acids is 1. The Hall–Kier alpha value is -2.11. The molecule has 1 N–H and O–H groups in total. The molecule has 1 aliphatic rings. The van der Waals surface area contributed by atoms with Gasteiger partial charge in [-0.3, -0.25) is 9.69 Å². The van der Waals surface area contributed by atoms with Crippen LogP contribution < -0.4 is 5.32 Å². The number of aryl methyl sites for hydroxylation is 2. The van der Waals surface area contributed by atoms with Gasteiger partial charge < -0.3 is 14.5 Å². The molecule has 1 saturated heterocycles. The number of hydrogen-bond donors (Lipinski definition) is 1. The van der Waals surface area contributed by atoms with Crippen molar-refractivity contribution in [2.45, 2.75) is 33.4 Å². The summed E-state index contributed by atoms with van der Waals surface area (Å²) in [5, 5.41) is 3.00. The van der Waals surface area contributed by atoms with Crippen LogP contribution >= 0.6 is 0 Å². The topological polar surface area (TPSA) is 54.7 Å². The second-order valence-corrected chi connectivity index (χ2v) is 6.64. The second kappa shape index (κ2) is 7.85. The van der Waals surface area contributed by atoms with Crippen molar-refractivity contribution in [3.8, 4) is 0 Å². The Labute approximate surface area is 149 Å². The predicted octanol–water partition coefficient (Wildman–Crippen LogP) is 2.84. The van der Waals surface area contributed by atoms with Gasteiger partial charge >= 0.3 is 0 Å². The number of benzene rings is 1. The van der Waals surface area contributed by atoms with Gasteiger partial charge in [0.1, 0.15) is 11.5 Å². The third-order valence-electron chi connectivity index (χ3n) is 4.75. The third-order valence-corrected chi connectivity index (χ3v) is 4.75. The fourth-order valence-corrected chi connectivity index (χ4v) is 3.31. The van der Waals surface area contributed by atoms with Gasteiger partial charge in [0.2, 0.25) is 0 Å². The Morgan fingerprint density at radius 3 is 2.64 bits per heavy atom. The molecule has 0 saturated carbocycles. The van der Waals surface area contributed by atoms with Gasteiger partial charge in [-0.25, -0.2) is 0 Å². The molecule has 5 heteroatoms. The molecule has 5 nitrogen and oxygen atoms in total. The van der Waals surface area contributed by atoms with E-state index < -0.39 is 0 Å². The SMILES string of the molecule is Cc1oc(C)c(C(=O)NC[C@H]2CN(Cc3ccccc3)CCO2)c1C. The highest BCUT2D eigenvalue weighted by Gasteiger charge is 2.23. The number of ether oxygens (including phenoxy) is 1. The maximum absolute atomic E-state index is 12.5. The van der Waals surface area contributed by atoms with Gasteiger partial charge in [-0.2, -0.15) is 0 Å². The van der Waals surface area contributed by atoms with Crippen LogP contribution in [0.15, 0.2) is 34.7 Å². The van der Waals surface area contributed by atoms with Gasteiger partial charge in [-0.1, -0.05) is 30.3 Å². The molecule has 0 radical (unpaired) electrons. The number of hydrogen-bond acceptors (Lipinski definition) is 4. The molecule has 0 bridgehead atoms. The Morgan fingerprint density at radius 1 is 1.20 bits per heavy atom. The predicted molar refractivity (Wildman–Crippen MR) is 96.7 cm³/mol. The van der Waals surface area contributed by atoms with E-state index in [-0.39, 0.29) is 12.0 Å². The van der Waals surface area contributed by atoms with Gasteiger partial charge in [0, 0.05) is 31.7 Å². The van der Waals surface area contributed by atoms with Crippen molar-refractivity contribution in [3.63, 3.8) is 0 Å². The van der Waals surface area contributed by atoms with Crippen LogP contribution in [0.5, 0.6) is 0 Å². The molecule has 25 heavy (non-hydrogen) atoms. The standard InChI is InChI=1S/C20H26N2O3/c1-14-15(2)25-16(3)19(14)20(23)21-11-18-13-22(9-10-24-18)12-17-7-5-4-6-8-17/h4-8,18H,9-13H2,1-3H3,(H,21,23)/t18-/m0/s1. The van der Waals surface area contributed by atoms with Crippen molar-refractivity contribution in [2.24, 2.45) is 0 Å². The lowest BCUT2D eigenvalue weighted by atomic mass is 10.1. The molecule has 1 atom stereocenters. The molecule has 0 spiro atoms.